The minimum absolute atomic E-state index is 0. The van der Waals surface area contributed by atoms with Crippen molar-refractivity contribution in [3.8, 4) is 5.75 Å². The van der Waals surface area contributed by atoms with Gasteiger partial charge in [0.2, 0.25) is 5.91 Å². The number of aryl methyl sites for hydroxylation is 1. The molecule has 32 heavy (non-hydrogen) atoms. The van der Waals surface area contributed by atoms with Crippen molar-refractivity contribution < 1.29 is 14.3 Å². The van der Waals surface area contributed by atoms with Gasteiger partial charge in [-0.25, -0.2) is 4.99 Å². The third-order valence-electron chi connectivity index (χ3n) is 5.28. The molecule has 0 unspecified atom stereocenters. The van der Waals surface area contributed by atoms with E-state index in [4.69, 9.17) is 9.47 Å². The first-order valence-corrected chi connectivity index (χ1v) is 11.7. The van der Waals surface area contributed by atoms with E-state index >= 15 is 0 Å². The van der Waals surface area contributed by atoms with Crippen LogP contribution in [0, 0.1) is 6.92 Å². The lowest BCUT2D eigenvalue weighted by Gasteiger charge is -2.22. The Morgan fingerprint density at radius 2 is 1.91 bits per heavy atom. The number of ether oxygens (including phenoxy) is 2. The summed E-state index contributed by atoms with van der Waals surface area (Å²) in [4.78, 5) is 16.9. The second kappa shape index (κ2) is 17.0. The van der Waals surface area contributed by atoms with Crippen LogP contribution in [0.1, 0.15) is 63.5 Å². The van der Waals surface area contributed by atoms with Gasteiger partial charge in [0.15, 0.2) is 5.96 Å². The molecule has 1 aromatic rings. The number of hydrogen-bond acceptors (Lipinski definition) is 4. The van der Waals surface area contributed by atoms with E-state index in [1.807, 2.05) is 26.8 Å². The highest BCUT2D eigenvalue weighted by Gasteiger charge is 2.15. The molecule has 8 heteroatoms. The van der Waals surface area contributed by atoms with Crippen molar-refractivity contribution in [2.24, 2.45) is 4.99 Å². The van der Waals surface area contributed by atoms with Crippen LogP contribution in [0.4, 0.5) is 0 Å². The van der Waals surface area contributed by atoms with Crippen LogP contribution in [0.25, 0.3) is 0 Å². The van der Waals surface area contributed by atoms with Gasteiger partial charge >= 0.3 is 0 Å². The molecule has 1 amide bonds. The fourth-order valence-corrected chi connectivity index (χ4v) is 3.63. The highest BCUT2D eigenvalue weighted by Crippen LogP contribution is 2.21. The van der Waals surface area contributed by atoms with E-state index < -0.39 is 0 Å². The number of nitrogens with one attached hydrogen (secondary N) is 3. The summed E-state index contributed by atoms with van der Waals surface area (Å²) in [5, 5.41) is 9.67. The quantitative estimate of drug-likeness (QED) is 0.156. The second-order valence-corrected chi connectivity index (χ2v) is 7.93. The summed E-state index contributed by atoms with van der Waals surface area (Å²) in [6, 6.07) is 6.50. The first kappa shape index (κ1) is 28.5. The van der Waals surface area contributed by atoms with Crippen molar-refractivity contribution in [1.82, 2.24) is 16.0 Å². The Balaban J connectivity index is 0.00000512. The molecule has 1 fully saturated rings. The van der Waals surface area contributed by atoms with E-state index in [-0.39, 0.29) is 29.9 Å². The molecule has 0 bridgehead atoms. The molecule has 182 valence electrons. The molecule has 2 rings (SSSR count). The zero-order valence-corrected chi connectivity index (χ0v) is 22.2. The molecule has 1 saturated carbocycles. The monoisotopic (exact) mass is 560 g/mol. The molecule has 0 aromatic heterocycles. The average molecular weight is 561 g/mol. The van der Waals surface area contributed by atoms with Crippen LogP contribution in [0.15, 0.2) is 23.2 Å². The van der Waals surface area contributed by atoms with Crippen molar-refractivity contribution in [2.45, 2.75) is 71.9 Å². The Labute approximate surface area is 210 Å². The molecule has 3 N–H and O–H groups in total. The summed E-state index contributed by atoms with van der Waals surface area (Å²) in [5.41, 5.74) is 2.17. The molecule has 1 aliphatic rings. The van der Waals surface area contributed by atoms with Crippen molar-refractivity contribution in [3.63, 3.8) is 0 Å². The van der Waals surface area contributed by atoms with E-state index in [1.54, 1.807) is 0 Å². The number of rotatable bonds is 12. The number of benzene rings is 1. The number of aliphatic imine (C=N–C) groups is 1. The van der Waals surface area contributed by atoms with Crippen LogP contribution >= 0.6 is 24.0 Å². The van der Waals surface area contributed by atoms with E-state index in [1.165, 1.54) is 19.3 Å². The van der Waals surface area contributed by atoms with Crippen LogP contribution in [0.3, 0.4) is 0 Å². The minimum Gasteiger partial charge on any atom is -0.491 e. The zero-order chi connectivity index (χ0) is 22.3. The van der Waals surface area contributed by atoms with E-state index in [9.17, 15) is 4.79 Å². The maximum absolute atomic E-state index is 12.2. The summed E-state index contributed by atoms with van der Waals surface area (Å²) >= 11 is 0. The number of guanidine groups is 1. The number of hydrogen-bond donors (Lipinski definition) is 3. The van der Waals surface area contributed by atoms with Gasteiger partial charge in [-0.3, -0.25) is 4.79 Å². The minimum atomic E-state index is 0. The van der Waals surface area contributed by atoms with Gasteiger partial charge in [0, 0.05) is 37.7 Å². The van der Waals surface area contributed by atoms with Crippen LogP contribution in [-0.2, 0) is 16.1 Å². The molecule has 1 aromatic carbocycles. The Hall–Kier alpha value is -1.55. The van der Waals surface area contributed by atoms with Gasteiger partial charge < -0.3 is 25.4 Å². The third-order valence-corrected chi connectivity index (χ3v) is 5.28. The van der Waals surface area contributed by atoms with Gasteiger partial charge in [-0.15, -0.1) is 24.0 Å². The number of nitrogens with zero attached hydrogens (tertiary/aromatic N) is 1. The van der Waals surface area contributed by atoms with Crippen LogP contribution in [-0.4, -0.2) is 50.8 Å². The molecule has 7 nitrogen and oxygen atoms in total. The average Bonchev–Trinajstić information content (AvgIpc) is 2.76. The number of halogens is 1. The van der Waals surface area contributed by atoms with Gasteiger partial charge in [-0.2, -0.15) is 0 Å². The molecule has 0 atom stereocenters. The fraction of sp³-hybridized carbons (Fsp3) is 0.667. The Bertz CT molecular complexity index is 694. The van der Waals surface area contributed by atoms with Crippen molar-refractivity contribution in [2.75, 3.05) is 32.9 Å². The standard InChI is InChI=1S/C24H40N4O3.HI/c1-4-25-24(26-14-13-23(29)28-21-9-7-6-8-10-21)27-18-20-12-11-19(3)17-22(20)31-16-15-30-5-2;/h11-12,17,21H,4-10,13-16,18H2,1-3H3,(H,28,29)(H2,25,26,27);1H. The first-order chi connectivity index (χ1) is 15.1. The van der Waals surface area contributed by atoms with Crippen molar-refractivity contribution in [3.05, 3.63) is 29.3 Å². The summed E-state index contributed by atoms with van der Waals surface area (Å²) in [6.45, 7) is 9.62. The first-order valence-electron chi connectivity index (χ1n) is 11.7. The smallest absolute Gasteiger partial charge is 0.221 e. The number of carbonyl (C=O) groups excluding carboxylic acids is 1. The van der Waals surface area contributed by atoms with Crippen molar-refractivity contribution in [1.29, 1.82) is 0 Å². The largest absolute Gasteiger partial charge is 0.491 e. The van der Waals surface area contributed by atoms with Gasteiger partial charge in [0.25, 0.3) is 0 Å². The topological polar surface area (TPSA) is 84.0 Å². The third kappa shape index (κ3) is 11.4. The van der Waals surface area contributed by atoms with Gasteiger partial charge in [0.1, 0.15) is 12.4 Å². The van der Waals surface area contributed by atoms with Gasteiger partial charge in [-0.05, 0) is 45.2 Å². The zero-order valence-electron chi connectivity index (χ0n) is 19.9. The van der Waals surface area contributed by atoms with E-state index in [0.717, 1.165) is 36.3 Å². The number of carbonyl (C=O) groups is 1. The lowest BCUT2D eigenvalue weighted by molar-refractivity contribution is -0.121. The molecule has 0 heterocycles. The predicted molar refractivity (Wildman–Crippen MR) is 141 cm³/mol. The molecular formula is C24H41IN4O3. The van der Waals surface area contributed by atoms with Crippen LogP contribution in [0.2, 0.25) is 0 Å². The summed E-state index contributed by atoms with van der Waals surface area (Å²) in [6.07, 6.45) is 6.38. The molecule has 1 aliphatic carbocycles. The highest BCUT2D eigenvalue weighted by molar-refractivity contribution is 14.0. The van der Waals surface area contributed by atoms with Crippen LogP contribution in [0.5, 0.6) is 5.75 Å². The molecule has 0 aliphatic heterocycles. The Morgan fingerprint density at radius 1 is 1.12 bits per heavy atom. The fourth-order valence-electron chi connectivity index (χ4n) is 3.63. The lowest BCUT2D eigenvalue weighted by atomic mass is 9.95. The second-order valence-electron chi connectivity index (χ2n) is 7.93. The van der Waals surface area contributed by atoms with Crippen LogP contribution < -0.4 is 20.7 Å². The Kier molecular flexibility index (Phi) is 15.1. The lowest BCUT2D eigenvalue weighted by Crippen LogP contribution is -2.41. The Morgan fingerprint density at radius 3 is 2.62 bits per heavy atom. The molecule has 0 spiro atoms. The number of amides is 1. The normalized spacial score (nSPS) is 14.4. The summed E-state index contributed by atoms with van der Waals surface area (Å²) in [5.74, 6) is 1.65. The predicted octanol–water partition coefficient (Wildman–Crippen LogP) is 3.92. The maximum atomic E-state index is 12.2. The molecule has 0 radical (unpaired) electrons. The van der Waals surface area contributed by atoms with Gasteiger partial charge in [-0.1, -0.05) is 31.4 Å². The van der Waals surface area contributed by atoms with E-state index in [0.29, 0.717) is 51.3 Å². The SMILES string of the molecule is CCNC(=NCc1ccc(C)cc1OCCOCC)NCCC(=O)NC1CCCCC1.I. The summed E-state index contributed by atoms with van der Waals surface area (Å²) in [7, 11) is 0. The highest BCUT2D eigenvalue weighted by atomic mass is 127. The van der Waals surface area contributed by atoms with E-state index in [2.05, 4.69) is 33.1 Å². The van der Waals surface area contributed by atoms with Gasteiger partial charge in [0.05, 0.1) is 13.2 Å². The maximum Gasteiger partial charge on any atom is 0.221 e. The molecule has 0 saturated heterocycles. The molecular weight excluding hydrogens is 519 g/mol. The summed E-state index contributed by atoms with van der Waals surface area (Å²) < 4.78 is 11.3. The van der Waals surface area contributed by atoms with Crippen molar-refractivity contribution >= 4 is 35.8 Å².